The van der Waals surface area contributed by atoms with Crippen molar-refractivity contribution < 1.29 is 23.5 Å². The molecule has 0 radical (unpaired) electrons. The maximum absolute atomic E-state index is 13.5. The molecule has 0 bridgehead atoms. The van der Waals surface area contributed by atoms with Crippen LogP contribution < -0.4 is 11.1 Å². The first-order chi connectivity index (χ1) is 8.32. The zero-order valence-electron chi connectivity index (χ0n) is 9.54. The van der Waals surface area contributed by atoms with Crippen LogP contribution in [0, 0.1) is 11.6 Å². The van der Waals surface area contributed by atoms with E-state index in [0.717, 1.165) is 12.1 Å². The molecular weight excluding hydrogens is 246 g/mol. The zero-order valence-corrected chi connectivity index (χ0v) is 9.54. The lowest BCUT2D eigenvalue weighted by atomic mass is 10.1. The van der Waals surface area contributed by atoms with Crippen molar-refractivity contribution in [2.75, 3.05) is 5.32 Å². The lowest BCUT2D eigenvalue weighted by Crippen LogP contribution is -2.24. The molecule has 0 saturated heterocycles. The van der Waals surface area contributed by atoms with Crippen LogP contribution in [-0.2, 0) is 4.79 Å². The molecule has 0 aromatic heterocycles. The van der Waals surface area contributed by atoms with E-state index in [9.17, 15) is 18.4 Å². The highest BCUT2D eigenvalue weighted by atomic mass is 19.2. The van der Waals surface area contributed by atoms with Crippen molar-refractivity contribution >= 4 is 17.6 Å². The fourth-order valence-electron chi connectivity index (χ4n) is 1.44. The molecule has 0 fully saturated rings. The minimum absolute atomic E-state index is 0.0538. The van der Waals surface area contributed by atoms with E-state index in [1.54, 1.807) is 6.92 Å². The number of hydrogen-bond acceptors (Lipinski definition) is 3. The second kappa shape index (κ2) is 5.44. The van der Waals surface area contributed by atoms with Crippen molar-refractivity contribution in [1.82, 2.24) is 0 Å². The fourth-order valence-corrected chi connectivity index (χ4v) is 1.44. The number of hydrogen-bond donors (Lipinski definition) is 3. The summed E-state index contributed by atoms with van der Waals surface area (Å²) in [6.07, 6.45) is -0.0538. The molecule has 1 atom stereocenters. The number of amides is 1. The lowest BCUT2D eigenvalue weighted by molar-refractivity contribution is -0.118. The fraction of sp³-hybridized carbons (Fsp3) is 0.273. The van der Waals surface area contributed by atoms with E-state index < -0.39 is 35.1 Å². The summed E-state index contributed by atoms with van der Waals surface area (Å²) in [6, 6.07) is 1.55. The third-order valence-corrected chi connectivity index (χ3v) is 2.22. The van der Waals surface area contributed by atoms with Gasteiger partial charge in [0.1, 0.15) is 0 Å². The summed E-state index contributed by atoms with van der Waals surface area (Å²) >= 11 is 0. The van der Waals surface area contributed by atoms with Gasteiger partial charge >= 0.3 is 5.97 Å². The molecular formula is C11H12F2N2O3. The third-order valence-electron chi connectivity index (χ3n) is 2.22. The van der Waals surface area contributed by atoms with Crippen molar-refractivity contribution in [2.24, 2.45) is 5.73 Å². The van der Waals surface area contributed by atoms with Gasteiger partial charge in [-0.3, -0.25) is 4.79 Å². The predicted molar refractivity (Wildman–Crippen MR) is 60.2 cm³/mol. The van der Waals surface area contributed by atoms with Crippen LogP contribution in [0.3, 0.4) is 0 Å². The lowest BCUT2D eigenvalue weighted by Gasteiger charge is -2.14. The van der Waals surface area contributed by atoms with Crippen LogP contribution in [0.15, 0.2) is 12.1 Å². The summed E-state index contributed by atoms with van der Waals surface area (Å²) in [7, 11) is 0. The topological polar surface area (TPSA) is 92.4 Å². The third kappa shape index (κ3) is 3.16. The Morgan fingerprint density at radius 2 is 2.00 bits per heavy atom. The Morgan fingerprint density at radius 3 is 2.50 bits per heavy atom. The quantitative estimate of drug-likeness (QED) is 0.743. The highest BCUT2D eigenvalue weighted by Crippen LogP contribution is 2.21. The Kier molecular flexibility index (Phi) is 4.19. The molecule has 98 valence electrons. The van der Waals surface area contributed by atoms with E-state index in [0.29, 0.717) is 0 Å². The van der Waals surface area contributed by atoms with Crippen LogP contribution in [0.5, 0.6) is 0 Å². The monoisotopic (exact) mass is 258 g/mol. The molecule has 0 heterocycles. The average Bonchev–Trinajstić information content (AvgIpc) is 2.23. The molecule has 0 aliphatic heterocycles. The molecule has 1 unspecified atom stereocenters. The van der Waals surface area contributed by atoms with Crippen LogP contribution in [0.4, 0.5) is 14.5 Å². The maximum Gasteiger partial charge on any atom is 0.338 e. The summed E-state index contributed by atoms with van der Waals surface area (Å²) in [5.74, 6) is -4.88. The van der Waals surface area contributed by atoms with E-state index in [1.165, 1.54) is 0 Å². The number of halogens is 2. The molecule has 1 rings (SSSR count). The Labute approximate surface area is 102 Å². The molecule has 4 N–H and O–H groups in total. The van der Waals surface area contributed by atoms with Crippen LogP contribution >= 0.6 is 0 Å². The number of carboxylic acids is 1. The van der Waals surface area contributed by atoms with E-state index in [1.807, 2.05) is 0 Å². The first-order valence-corrected chi connectivity index (χ1v) is 5.09. The van der Waals surface area contributed by atoms with Crippen molar-refractivity contribution in [3.8, 4) is 0 Å². The number of primary amides is 1. The van der Waals surface area contributed by atoms with Gasteiger partial charge in [-0.1, -0.05) is 0 Å². The number of aromatic carboxylic acids is 1. The van der Waals surface area contributed by atoms with Crippen molar-refractivity contribution in [1.29, 1.82) is 0 Å². The first kappa shape index (κ1) is 13.9. The van der Waals surface area contributed by atoms with Gasteiger partial charge in [0.05, 0.1) is 11.3 Å². The van der Waals surface area contributed by atoms with Gasteiger partial charge in [0, 0.05) is 12.5 Å². The number of rotatable bonds is 5. The molecule has 1 aromatic rings. The van der Waals surface area contributed by atoms with Crippen molar-refractivity contribution in [3.63, 3.8) is 0 Å². The number of nitrogens with one attached hydrogen (secondary N) is 1. The van der Waals surface area contributed by atoms with Crippen LogP contribution in [-0.4, -0.2) is 23.0 Å². The molecule has 1 amide bonds. The second-order valence-corrected chi connectivity index (χ2v) is 3.81. The normalized spacial score (nSPS) is 11.9. The van der Waals surface area contributed by atoms with Gasteiger partial charge < -0.3 is 16.2 Å². The molecule has 18 heavy (non-hydrogen) atoms. The minimum atomic E-state index is -1.55. The Bertz CT molecular complexity index is 491. The van der Waals surface area contributed by atoms with Gasteiger partial charge in [-0.15, -0.1) is 0 Å². The van der Waals surface area contributed by atoms with E-state index >= 15 is 0 Å². The summed E-state index contributed by atoms with van der Waals surface area (Å²) in [5.41, 5.74) is 3.99. The molecule has 5 nitrogen and oxygen atoms in total. The van der Waals surface area contributed by atoms with E-state index in [2.05, 4.69) is 5.32 Å². The smallest absolute Gasteiger partial charge is 0.338 e. The highest BCUT2D eigenvalue weighted by Gasteiger charge is 2.19. The van der Waals surface area contributed by atoms with Gasteiger partial charge in [-0.2, -0.15) is 0 Å². The first-order valence-electron chi connectivity index (χ1n) is 5.09. The number of carbonyl (C=O) groups excluding carboxylic acids is 1. The molecule has 0 aliphatic carbocycles. The molecule has 0 spiro atoms. The number of carbonyl (C=O) groups is 2. The largest absolute Gasteiger partial charge is 0.478 e. The maximum atomic E-state index is 13.5. The minimum Gasteiger partial charge on any atom is -0.478 e. The number of nitrogens with two attached hydrogens (primary N) is 1. The Hall–Kier alpha value is -2.18. The van der Waals surface area contributed by atoms with Crippen LogP contribution in [0.2, 0.25) is 0 Å². The van der Waals surface area contributed by atoms with Crippen LogP contribution in [0.1, 0.15) is 23.7 Å². The van der Waals surface area contributed by atoms with Crippen LogP contribution in [0.25, 0.3) is 0 Å². The zero-order chi connectivity index (χ0) is 13.9. The van der Waals surface area contributed by atoms with E-state index in [4.69, 9.17) is 10.8 Å². The van der Waals surface area contributed by atoms with E-state index in [-0.39, 0.29) is 12.1 Å². The number of benzene rings is 1. The van der Waals surface area contributed by atoms with Gasteiger partial charge in [-0.05, 0) is 19.1 Å². The Morgan fingerprint density at radius 1 is 1.39 bits per heavy atom. The summed E-state index contributed by atoms with van der Waals surface area (Å²) in [4.78, 5) is 21.2. The molecule has 7 heteroatoms. The summed E-state index contributed by atoms with van der Waals surface area (Å²) in [5, 5.41) is 11.1. The summed E-state index contributed by atoms with van der Waals surface area (Å²) < 4.78 is 26.8. The predicted octanol–water partition coefficient (Wildman–Crippen LogP) is 1.34. The molecule has 0 saturated carbocycles. The number of anilines is 1. The van der Waals surface area contributed by atoms with Gasteiger partial charge in [0.25, 0.3) is 0 Å². The highest BCUT2D eigenvalue weighted by molar-refractivity contribution is 5.88. The van der Waals surface area contributed by atoms with Gasteiger partial charge in [-0.25, -0.2) is 13.6 Å². The van der Waals surface area contributed by atoms with Gasteiger partial charge in [0.2, 0.25) is 5.91 Å². The van der Waals surface area contributed by atoms with Gasteiger partial charge in [0.15, 0.2) is 11.6 Å². The average molecular weight is 258 g/mol. The number of carboxylic acid groups (broad SMARTS) is 1. The Balaban J connectivity index is 2.95. The molecule has 0 aliphatic rings. The van der Waals surface area contributed by atoms with Crippen molar-refractivity contribution in [3.05, 3.63) is 29.3 Å². The second-order valence-electron chi connectivity index (χ2n) is 3.81. The standard InChI is InChI=1S/C11H12F2N2O3/c1-5(4-8(14)16)15-7-3-2-6(11(17)18)9(12)10(7)13/h2-3,5,15H,4H2,1H3,(H2,14,16)(H,17,18). The van der Waals surface area contributed by atoms with Crippen molar-refractivity contribution in [2.45, 2.75) is 19.4 Å². The SMILES string of the molecule is CC(CC(N)=O)Nc1ccc(C(=O)O)c(F)c1F. The molecule has 1 aromatic carbocycles. The summed E-state index contributed by atoms with van der Waals surface area (Å²) in [6.45, 7) is 1.56.